The first-order valence-corrected chi connectivity index (χ1v) is 3.64. The average molecular weight is 241 g/mol. The minimum atomic E-state index is 0. The van der Waals surface area contributed by atoms with Gasteiger partial charge < -0.3 is 9.84 Å². The van der Waals surface area contributed by atoms with E-state index in [-0.39, 0.29) is 39.3 Å². The molecule has 0 fully saturated rings. The molecule has 0 bridgehead atoms. The summed E-state index contributed by atoms with van der Waals surface area (Å²) in [5.74, 6) is 0.849. The Morgan fingerprint density at radius 2 is 2.00 bits per heavy atom. The molecular weight excluding hydrogens is 229 g/mol. The van der Waals surface area contributed by atoms with Crippen LogP contribution in [-0.2, 0) is 32.7 Å². The summed E-state index contributed by atoms with van der Waals surface area (Å²) in [5.41, 5.74) is 1.10. The molecule has 3 heteroatoms. The molecule has 63 valence electrons. The second kappa shape index (κ2) is 6.58. The maximum Gasteiger partial charge on any atom is 0.122 e. The third kappa shape index (κ3) is 3.66. The van der Waals surface area contributed by atoms with Gasteiger partial charge in [0, 0.05) is 32.7 Å². The van der Waals surface area contributed by atoms with E-state index in [1.54, 1.807) is 0 Å². The van der Waals surface area contributed by atoms with E-state index in [4.69, 9.17) is 9.84 Å². The molecule has 1 radical (unpaired) electrons. The van der Waals surface area contributed by atoms with Crippen LogP contribution in [-0.4, -0.2) is 18.3 Å². The summed E-state index contributed by atoms with van der Waals surface area (Å²) in [6.07, 6.45) is 0. The van der Waals surface area contributed by atoms with Gasteiger partial charge in [-0.25, -0.2) is 0 Å². The second-order valence-electron chi connectivity index (χ2n) is 2.34. The topological polar surface area (TPSA) is 29.5 Å². The molecular formula is C9H12O2Y. The quantitative estimate of drug-likeness (QED) is 0.865. The van der Waals surface area contributed by atoms with Crippen LogP contribution < -0.4 is 4.74 Å². The Labute approximate surface area is 97.8 Å². The molecule has 2 nitrogen and oxygen atoms in total. The molecule has 0 saturated heterocycles. The zero-order valence-corrected chi connectivity index (χ0v) is 9.99. The van der Waals surface area contributed by atoms with E-state index in [2.05, 4.69) is 0 Å². The SMILES string of the molecule is Cc1ccccc1OCCO.[Y]. The predicted molar refractivity (Wildman–Crippen MR) is 43.8 cm³/mol. The van der Waals surface area contributed by atoms with Gasteiger partial charge in [-0.3, -0.25) is 0 Å². The van der Waals surface area contributed by atoms with Crippen molar-refractivity contribution in [3.05, 3.63) is 29.8 Å². The summed E-state index contributed by atoms with van der Waals surface area (Å²) < 4.78 is 5.24. The molecule has 1 N–H and O–H groups in total. The minimum absolute atomic E-state index is 0. The van der Waals surface area contributed by atoms with Crippen LogP contribution in [0.1, 0.15) is 5.56 Å². The van der Waals surface area contributed by atoms with Crippen LogP contribution in [0.25, 0.3) is 0 Å². The van der Waals surface area contributed by atoms with Crippen LogP contribution in [0.4, 0.5) is 0 Å². The van der Waals surface area contributed by atoms with Crippen LogP contribution in [0, 0.1) is 6.92 Å². The summed E-state index contributed by atoms with van der Waals surface area (Å²) in [7, 11) is 0. The number of hydrogen-bond acceptors (Lipinski definition) is 2. The van der Waals surface area contributed by atoms with Gasteiger partial charge in [-0.05, 0) is 18.6 Å². The third-order valence-electron chi connectivity index (χ3n) is 1.44. The van der Waals surface area contributed by atoms with E-state index in [0.717, 1.165) is 11.3 Å². The third-order valence-corrected chi connectivity index (χ3v) is 1.44. The number of benzene rings is 1. The Kier molecular flexibility index (Phi) is 6.63. The van der Waals surface area contributed by atoms with Crippen LogP contribution >= 0.6 is 0 Å². The molecule has 0 aliphatic carbocycles. The Morgan fingerprint density at radius 3 is 2.58 bits per heavy atom. The number of aliphatic hydroxyl groups is 1. The first-order valence-electron chi connectivity index (χ1n) is 3.64. The fourth-order valence-electron chi connectivity index (χ4n) is 0.874. The number of hydrogen-bond donors (Lipinski definition) is 1. The molecule has 0 unspecified atom stereocenters. The standard InChI is InChI=1S/C9H12O2.Y/c1-8-4-2-3-5-9(8)11-7-6-10;/h2-5,10H,6-7H2,1H3;. The molecule has 0 heterocycles. The van der Waals surface area contributed by atoms with Gasteiger partial charge in [-0.1, -0.05) is 18.2 Å². The number of aliphatic hydroxyl groups excluding tert-OH is 1. The first kappa shape index (κ1) is 12.1. The van der Waals surface area contributed by atoms with Crippen molar-refractivity contribution in [1.82, 2.24) is 0 Å². The fraction of sp³-hybridized carbons (Fsp3) is 0.333. The van der Waals surface area contributed by atoms with E-state index in [1.807, 2.05) is 31.2 Å². The predicted octanol–water partition coefficient (Wildman–Crippen LogP) is 1.36. The van der Waals surface area contributed by atoms with Gasteiger partial charge >= 0.3 is 0 Å². The molecule has 1 aromatic carbocycles. The van der Waals surface area contributed by atoms with E-state index < -0.39 is 0 Å². The Balaban J connectivity index is 0.00000121. The van der Waals surface area contributed by atoms with Crippen molar-refractivity contribution in [2.45, 2.75) is 6.92 Å². The van der Waals surface area contributed by atoms with Crippen molar-refractivity contribution in [2.75, 3.05) is 13.2 Å². The molecule has 0 aromatic heterocycles. The summed E-state index contributed by atoms with van der Waals surface area (Å²) in [5, 5.41) is 8.49. The van der Waals surface area contributed by atoms with Crippen LogP contribution in [0.5, 0.6) is 5.75 Å². The fourth-order valence-corrected chi connectivity index (χ4v) is 0.874. The van der Waals surface area contributed by atoms with E-state index in [1.165, 1.54) is 0 Å². The summed E-state index contributed by atoms with van der Waals surface area (Å²) in [6.45, 7) is 2.41. The van der Waals surface area contributed by atoms with Gasteiger partial charge in [0.2, 0.25) is 0 Å². The van der Waals surface area contributed by atoms with Gasteiger partial charge in [0.1, 0.15) is 12.4 Å². The molecule has 0 spiro atoms. The van der Waals surface area contributed by atoms with Crippen molar-refractivity contribution in [3.63, 3.8) is 0 Å². The zero-order valence-electron chi connectivity index (χ0n) is 7.16. The monoisotopic (exact) mass is 241 g/mol. The maximum absolute atomic E-state index is 8.49. The number of rotatable bonds is 3. The van der Waals surface area contributed by atoms with Crippen molar-refractivity contribution in [1.29, 1.82) is 0 Å². The van der Waals surface area contributed by atoms with Crippen LogP contribution in [0.2, 0.25) is 0 Å². The molecule has 1 aromatic rings. The first-order chi connectivity index (χ1) is 5.34. The number of para-hydroxylation sites is 1. The van der Waals surface area contributed by atoms with Crippen LogP contribution in [0.15, 0.2) is 24.3 Å². The van der Waals surface area contributed by atoms with E-state index in [9.17, 15) is 0 Å². The summed E-state index contributed by atoms with van der Waals surface area (Å²) in [4.78, 5) is 0. The number of ether oxygens (including phenoxy) is 1. The van der Waals surface area contributed by atoms with E-state index >= 15 is 0 Å². The molecule has 0 aliphatic heterocycles. The molecule has 1 rings (SSSR count). The molecule has 0 amide bonds. The molecule has 0 atom stereocenters. The van der Waals surface area contributed by atoms with Gasteiger partial charge in [-0.2, -0.15) is 0 Å². The smallest absolute Gasteiger partial charge is 0.122 e. The van der Waals surface area contributed by atoms with Gasteiger partial charge in [0.05, 0.1) is 6.61 Å². The summed E-state index contributed by atoms with van der Waals surface area (Å²) in [6, 6.07) is 7.75. The zero-order chi connectivity index (χ0) is 8.10. The molecule has 0 saturated carbocycles. The van der Waals surface area contributed by atoms with Gasteiger partial charge in [-0.15, -0.1) is 0 Å². The summed E-state index contributed by atoms with van der Waals surface area (Å²) >= 11 is 0. The van der Waals surface area contributed by atoms with E-state index in [0.29, 0.717) is 6.61 Å². The van der Waals surface area contributed by atoms with Crippen molar-refractivity contribution in [2.24, 2.45) is 0 Å². The number of aryl methyl sites for hydroxylation is 1. The van der Waals surface area contributed by atoms with Gasteiger partial charge in [0.25, 0.3) is 0 Å². The Bertz CT molecular complexity index is 226. The van der Waals surface area contributed by atoms with Crippen molar-refractivity contribution in [3.8, 4) is 5.75 Å². The van der Waals surface area contributed by atoms with Crippen molar-refractivity contribution >= 4 is 0 Å². The van der Waals surface area contributed by atoms with Crippen molar-refractivity contribution < 1.29 is 42.6 Å². The molecule has 12 heavy (non-hydrogen) atoms. The second-order valence-corrected chi connectivity index (χ2v) is 2.34. The molecule has 0 aliphatic rings. The normalized spacial score (nSPS) is 8.83. The maximum atomic E-state index is 8.49. The Morgan fingerprint density at radius 1 is 1.33 bits per heavy atom. The van der Waals surface area contributed by atoms with Gasteiger partial charge in [0.15, 0.2) is 0 Å². The average Bonchev–Trinajstić information content (AvgIpc) is 2.03. The minimum Gasteiger partial charge on any atom is -0.491 e. The van der Waals surface area contributed by atoms with Crippen LogP contribution in [0.3, 0.4) is 0 Å². The largest absolute Gasteiger partial charge is 0.491 e. The Hall–Kier alpha value is 0.0839.